The number of rotatable bonds is 7. The van der Waals surface area contributed by atoms with E-state index in [1.165, 1.54) is 16.6 Å². The van der Waals surface area contributed by atoms with E-state index in [4.69, 9.17) is 0 Å². The molecule has 2 saturated carbocycles. The number of nitrogens with zero attached hydrogens (tertiary/aromatic N) is 4. The Hall–Kier alpha value is -2.40. The molecule has 5 rings (SSSR count). The van der Waals surface area contributed by atoms with Gasteiger partial charge in [0.2, 0.25) is 5.91 Å². The minimum atomic E-state index is -0.849. The van der Waals surface area contributed by atoms with E-state index >= 15 is 0 Å². The van der Waals surface area contributed by atoms with Crippen molar-refractivity contribution in [2.24, 2.45) is 0 Å². The molecule has 2 aromatic heterocycles. The molecule has 4 amide bonds. The molecule has 2 aromatic rings. The van der Waals surface area contributed by atoms with Crippen LogP contribution in [0, 0.1) is 0 Å². The third-order valence-electron chi connectivity index (χ3n) is 6.00. The van der Waals surface area contributed by atoms with Crippen LogP contribution >= 0.6 is 23.1 Å². The van der Waals surface area contributed by atoms with Crippen molar-refractivity contribution in [3.05, 3.63) is 28.2 Å². The van der Waals surface area contributed by atoms with Crippen LogP contribution in [0.4, 0.5) is 4.79 Å². The molecule has 1 saturated heterocycles. The molecule has 0 atom stereocenters. The van der Waals surface area contributed by atoms with Crippen LogP contribution in [-0.2, 0) is 16.0 Å². The molecule has 3 fully saturated rings. The molecule has 2 aliphatic carbocycles. The number of hydrogen-bond donors (Lipinski definition) is 2. The van der Waals surface area contributed by atoms with Crippen molar-refractivity contribution >= 4 is 40.9 Å². The summed E-state index contributed by atoms with van der Waals surface area (Å²) in [6.45, 7) is 0. The van der Waals surface area contributed by atoms with Crippen molar-refractivity contribution in [2.75, 3.05) is 5.75 Å². The second kappa shape index (κ2) is 8.27. The summed E-state index contributed by atoms with van der Waals surface area (Å²) in [7, 11) is 0. The SMILES string of the molecule is O=C(CSc1nnc(Cc2cccs2)n1C1CC1)NN1C(=O)NC2(CCCCC2)C1=O. The molecule has 1 spiro atoms. The average molecular weight is 461 g/mol. The zero-order valence-electron chi connectivity index (χ0n) is 17.0. The van der Waals surface area contributed by atoms with Gasteiger partial charge in [-0.25, -0.2) is 4.79 Å². The van der Waals surface area contributed by atoms with Crippen molar-refractivity contribution < 1.29 is 14.4 Å². The van der Waals surface area contributed by atoms with Crippen molar-refractivity contribution in [3.63, 3.8) is 0 Å². The smallest absolute Gasteiger partial charge is 0.322 e. The molecule has 11 heteroatoms. The Morgan fingerprint density at radius 3 is 2.77 bits per heavy atom. The van der Waals surface area contributed by atoms with Gasteiger partial charge in [0.15, 0.2) is 5.16 Å². The summed E-state index contributed by atoms with van der Waals surface area (Å²) < 4.78 is 2.13. The fourth-order valence-corrected chi connectivity index (χ4v) is 5.82. The van der Waals surface area contributed by atoms with Crippen LogP contribution in [-0.4, -0.2) is 48.9 Å². The third-order valence-corrected chi connectivity index (χ3v) is 7.82. The number of thioether (sulfide) groups is 1. The van der Waals surface area contributed by atoms with Crippen molar-refractivity contribution in [1.82, 2.24) is 30.5 Å². The maximum atomic E-state index is 12.8. The van der Waals surface area contributed by atoms with Gasteiger partial charge in [-0.2, -0.15) is 5.01 Å². The number of amides is 4. The second-order valence-electron chi connectivity index (χ2n) is 8.29. The van der Waals surface area contributed by atoms with E-state index in [0.717, 1.165) is 49.4 Å². The van der Waals surface area contributed by atoms with Gasteiger partial charge in [-0.15, -0.1) is 21.5 Å². The van der Waals surface area contributed by atoms with E-state index < -0.39 is 17.5 Å². The summed E-state index contributed by atoms with van der Waals surface area (Å²) in [5, 5.41) is 15.0. The lowest BCUT2D eigenvalue weighted by Crippen LogP contribution is -2.51. The second-order valence-corrected chi connectivity index (χ2v) is 10.3. The van der Waals surface area contributed by atoms with E-state index in [-0.39, 0.29) is 11.7 Å². The summed E-state index contributed by atoms with van der Waals surface area (Å²) in [6, 6.07) is 3.93. The van der Waals surface area contributed by atoms with Crippen LogP contribution in [0.5, 0.6) is 0 Å². The van der Waals surface area contributed by atoms with Gasteiger partial charge in [0.05, 0.1) is 5.75 Å². The Balaban J connectivity index is 1.22. The van der Waals surface area contributed by atoms with Gasteiger partial charge in [-0.05, 0) is 37.1 Å². The van der Waals surface area contributed by atoms with Crippen LogP contribution in [0.3, 0.4) is 0 Å². The number of carbonyl (C=O) groups is 3. The van der Waals surface area contributed by atoms with Crippen LogP contribution in [0.25, 0.3) is 0 Å². The van der Waals surface area contributed by atoms with Crippen molar-refractivity contribution in [2.45, 2.75) is 68.1 Å². The summed E-state index contributed by atoms with van der Waals surface area (Å²) in [4.78, 5) is 38.9. The first kappa shape index (κ1) is 20.5. The van der Waals surface area contributed by atoms with Crippen molar-refractivity contribution in [3.8, 4) is 0 Å². The summed E-state index contributed by atoms with van der Waals surface area (Å²) in [5.41, 5.74) is 1.64. The lowest BCUT2D eigenvalue weighted by Gasteiger charge is -2.30. The first-order valence-electron chi connectivity index (χ1n) is 10.6. The highest BCUT2D eigenvalue weighted by atomic mass is 32.2. The zero-order valence-corrected chi connectivity index (χ0v) is 18.6. The molecule has 31 heavy (non-hydrogen) atoms. The molecule has 0 unspecified atom stereocenters. The highest BCUT2D eigenvalue weighted by molar-refractivity contribution is 7.99. The Morgan fingerprint density at radius 1 is 1.26 bits per heavy atom. The normalized spacial score (nSPS) is 20.3. The number of thiophene rings is 1. The van der Waals surface area contributed by atoms with Crippen LogP contribution in [0.15, 0.2) is 22.7 Å². The molecular formula is C20H24N6O3S2. The standard InChI is InChI=1S/C20H24N6O3S2/c27-16(24-26-17(28)20(21-18(26)29)8-2-1-3-9-20)12-31-19-23-22-15(25(19)13-6-7-13)11-14-5-4-10-30-14/h4-5,10,13H,1-3,6-9,11-12H2,(H,21,29)(H,24,27). The van der Waals surface area contributed by atoms with Gasteiger partial charge >= 0.3 is 6.03 Å². The first-order chi connectivity index (χ1) is 15.1. The summed E-state index contributed by atoms with van der Waals surface area (Å²) in [5.74, 6) is 0.191. The molecule has 3 heterocycles. The molecule has 2 N–H and O–H groups in total. The number of carbonyl (C=O) groups excluding carboxylic acids is 3. The van der Waals surface area contributed by atoms with Crippen molar-refractivity contribution in [1.29, 1.82) is 0 Å². The lowest BCUT2D eigenvalue weighted by atomic mass is 9.82. The Morgan fingerprint density at radius 2 is 2.06 bits per heavy atom. The number of nitrogens with one attached hydrogen (secondary N) is 2. The molecular weight excluding hydrogens is 436 g/mol. The van der Waals surface area contributed by atoms with E-state index in [2.05, 4.69) is 31.6 Å². The predicted octanol–water partition coefficient (Wildman–Crippen LogP) is 2.64. The largest absolute Gasteiger partial charge is 0.344 e. The minimum Gasteiger partial charge on any atom is -0.322 e. The van der Waals surface area contributed by atoms with Crippen LogP contribution in [0.1, 0.15) is 61.7 Å². The number of urea groups is 1. The van der Waals surface area contributed by atoms with E-state index in [1.54, 1.807) is 11.3 Å². The molecule has 9 nitrogen and oxygen atoms in total. The van der Waals surface area contributed by atoms with E-state index in [9.17, 15) is 14.4 Å². The van der Waals surface area contributed by atoms with E-state index in [1.807, 2.05) is 11.4 Å². The maximum Gasteiger partial charge on any atom is 0.344 e. The number of hydrogen-bond acceptors (Lipinski definition) is 7. The molecule has 164 valence electrons. The van der Waals surface area contributed by atoms with Crippen LogP contribution < -0.4 is 10.7 Å². The van der Waals surface area contributed by atoms with Gasteiger partial charge in [-0.3, -0.25) is 15.0 Å². The average Bonchev–Trinajstić information content (AvgIpc) is 3.24. The number of hydrazine groups is 1. The van der Waals surface area contributed by atoms with Gasteiger partial charge in [-0.1, -0.05) is 37.1 Å². The molecule has 0 radical (unpaired) electrons. The predicted molar refractivity (Wildman–Crippen MR) is 115 cm³/mol. The first-order valence-corrected chi connectivity index (χ1v) is 12.5. The molecule has 3 aliphatic rings. The monoisotopic (exact) mass is 460 g/mol. The fraction of sp³-hybridized carbons (Fsp3) is 0.550. The summed E-state index contributed by atoms with van der Waals surface area (Å²) in [6.07, 6.45) is 6.98. The van der Waals surface area contributed by atoms with Gasteiger partial charge in [0.25, 0.3) is 5.91 Å². The quantitative estimate of drug-likeness (QED) is 0.486. The Kier molecular flexibility index (Phi) is 5.47. The zero-order chi connectivity index (χ0) is 21.4. The van der Waals surface area contributed by atoms with Gasteiger partial charge in [0.1, 0.15) is 11.4 Å². The lowest BCUT2D eigenvalue weighted by molar-refractivity contribution is -0.139. The van der Waals surface area contributed by atoms with Crippen LogP contribution in [0.2, 0.25) is 0 Å². The molecule has 1 aliphatic heterocycles. The fourth-order valence-electron chi connectivity index (χ4n) is 4.30. The van der Waals surface area contributed by atoms with Gasteiger partial charge in [0, 0.05) is 17.3 Å². The number of imide groups is 1. The van der Waals surface area contributed by atoms with Gasteiger partial charge < -0.3 is 9.88 Å². The molecule has 0 aromatic carbocycles. The Labute approximate surface area is 187 Å². The third kappa shape index (κ3) is 4.08. The van der Waals surface area contributed by atoms with E-state index in [0.29, 0.717) is 24.0 Å². The Bertz CT molecular complexity index is 995. The highest BCUT2D eigenvalue weighted by Crippen LogP contribution is 2.39. The minimum absolute atomic E-state index is 0.0495. The highest BCUT2D eigenvalue weighted by Gasteiger charge is 2.52. The maximum absolute atomic E-state index is 12.8. The number of aromatic nitrogens is 3. The topological polar surface area (TPSA) is 109 Å². The molecule has 0 bridgehead atoms. The summed E-state index contributed by atoms with van der Waals surface area (Å²) >= 11 is 2.97.